The lowest BCUT2D eigenvalue weighted by atomic mass is 10.0. The molecular formula is C14H21NO2. The average molecular weight is 235 g/mol. The van der Waals surface area contributed by atoms with Crippen LogP contribution >= 0.6 is 0 Å². The standard InChI is InChI=1S/C14H21NO2/c1-11-5-7-12(8-6-11)13(17)9-15(4)14(2,3)10-16/h5-8,16H,9-10H2,1-4H3. The molecule has 0 saturated carbocycles. The maximum atomic E-state index is 12.0. The molecule has 17 heavy (non-hydrogen) atoms. The van der Waals surface area contributed by atoms with Crippen LogP contribution in [0.15, 0.2) is 24.3 Å². The molecule has 0 amide bonds. The van der Waals surface area contributed by atoms with Crippen molar-refractivity contribution in [2.45, 2.75) is 26.3 Å². The molecule has 0 aliphatic heterocycles. The molecule has 1 aromatic carbocycles. The van der Waals surface area contributed by atoms with E-state index in [1.54, 1.807) is 0 Å². The van der Waals surface area contributed by atoms with Crippen molar-refractivity contribution in [2.75, 3.05) is 20.2 Å². The van der Waals surface area contributed by atoms with Crippen LogP contribution in [0.25, 0.3) is 0 Å². The average Bonchev–Trinajstić information content (AvgIpc) is 2.29. The Morgan fingerprint density at radius 1 is 1.29 bits per heavy atom. The summed E-state index contributed by atoms with van der Waals surface area (Å²) in [5.41, 5.74) is 1.49. The molecule has 0 spiro atoms. The normalized spacial score (nSPS) is 11.9. The van der Waals surface area contributed by atoms with E-state index in [1.165, 1.54) is 0 Å². The van der Waals surface area contributed by atoms with E-state index in [0.29, 0.717) is 6.54 Å². The maximum absolute atomic E-state index is 12.0. The lowest BCUT2D eigenvalue weighted by Crippen LogP contribution is -2.46. The third kappa shape index (κ3) is 3.65. The van der Waals surface area contributed by atoms with E-state index < -0.39 is 0 Å². The molecule has 0 aromatic heterocycles. The second-order valence-electron chi connectivity index (χ2n) is 5.12. The maximum Gasteiger partial charge on any atom is 0.176 e. The molecule has 0 fully saturated rings. The number of nitrogens with zero attached hydrogens (tertiary/aromatic N) is 1. The number of likely N-dealkylation sites (N-methyl/N-ethyl adjacent to an activating group) is 1. The fourth-order valence-corrected chi connectivity index (χ4v) is 1.38. The first-order chi connectivity index (χ1) is 7.86. The quantitative estimate of drug-likeness (QED) is 0.792. The number of carbonyl (C=O) groups is 1. The van der Waals surface area contributed by atoms with Crippen LogP contribution in [0.5, 0.6) is 0 Å². The van der Waals surface area contributed by atoms with Crippen molar-refractivity contribution in [2.24, 2.45) is 0 Å². The van der Waals surface area contributed by atoms with Crippen LogP contribution in [0.2, 0.25) is 0 Å². The fraction of sp³-hybridized carbons (Fsp3) is 0.500. The molecule has 0 aliphatic rings. The number of Topliss-reactive ketones (excluding diaryl/α,β-unsaturated/α-hetero) is 1. The van der Waals surface area contributed by atoms with Gasteiger partial charge in [0, 0.05) is 11.1 Å². The molecular weight excluding hydrogens is 214 g/mol. The Labute approximate surface area is 103 Å². The Hall–Kier alpha value is -1.19. The van der Waals surface area contributed by atoms with E-state index in [4.69, 9.17) is 0 Å². The molecule has 0 aliphatic carbocycles. The Morgan fingerprint density at radius 2 is 1.82 bits per heavy atom. The number of carbonyl (C=O) groups excluding carboxylic acids is 1. The summed E-state index contributed by atoms with van der Waals surface area (Å²) < 4.78 is 0. The molecule has 1 rings (SSSR count). The zero-order valence-corrected chi connectivity index (χ0v) is 11.0. The molecule has 0 bridgehead atoms. The third-order valence-electron chi connectivity index (χ3n) is 3.17. The summed E-state index contributed by atoms with van der Waals surface area (Å²) in [6.07, 6.45) is 0. The molecule has 0 atom stereocenters. The summed E-state index contributed by atoms with van der Waals surface area (Å²) in [6, 6.07) is 7.56. The van der Waals surface area contributed by atoms with Crippen molar-refractivity contribution in [1.29, 1.82) is 0 Å². The van der Waals surface area contributed by atoms with Crippen LogP contribution in [0.3, 0.4) is 0 Å². The first-order valence-electron chi connectivity index (χ1n) is 5.79. The highest BCUT2D eigenvalue weighted by Crippen LogP contribution is 2.12. The van der Waals surface area contributed by atoms with E-state index in [2.05, 4.69) is 0 Å². The monoisotopic (exact) mass is 235 g/mol. The third-order valence-corrected chi connectivity index (χ3v) is 3.17. The molecule has 0 radical (unpaired) electrons. The summed E-state index contributed by atoms with van der Waals surface area (Å²) >= 11 is 0. The van der Waals surface area contributed by atoms with Crippen LogP contribution in [0, 0.1) is 6.92 Å². The molecule has 3 nitrogen and oxygen atoms in total. The predicted molar refractivity (Wildman–Crippen MR) is 69.3 cm³/mol. The number of aliphatic hydroxyl groups is 1. The zero-order chi connectivity index (χ0) is 13.1. The number of rotatable bonds is 5. The van der Waals surface area contributed by atoms with E-state index in [1.807, 2.05) is 57.0 Å². The van der Waals surface area contributed by atoms with Crippen molar-refractivity contribution in [3.05, 3.63) is 35.4 Å². The topological polar surface area (TPSA) is 40.5 Å². The van der Waals surface area contributed by atoms with Gasteiger partial charge >= 0.3 is 0 Å². The Morgan fingerprint density at radius 3 is 2.29 bits per heavy atom. The number of aryl methyl sites for hydroxylation is 1. The van der Waals surface area contributed by atoms with E-state index in [0.717, 1.165) is 11.1 Å². The first kappa shape index (κ1) is 13.9. The molecule has 0 unspecified atom stereocenters. The molecule has 1 N–H and O–H groups in total. The Bertz CT molecular complexity index is 382. The minimum Gasteiger partial charge on any atom is -0.394 e. The van der Waals surface area contributed by atoms with Gasteiger partial charge in [0.1, 0.15) is 0 Å². The van der Waals surface area contributed by atoms with Gasteiger partial charge in [0.15, 0.2) is 5.78 Å². The smallest absolute Gasteiger partial charge is 0.176 e. The predicted octanol–water partition coefficient (Wildman–Crippen LogP) is 1.88. The van der Waals surface area contributed by atoms with E-state index in [-0.39, 0.29) is 17.9 Å². The largest absolute Gasteiger partial charge is 0.394 e. The van der Waals surface area contributed by atoms with Gasteiger partial charge in [-0.25, -0.2) is 0 Å². The minimum absolute atomic E-state index is 0.0324. The van der Waals surface area contributed by atoms with Crippen LogP contribution in [-0.4, -0.2) is 41.5 Å². The van der Waals surface area contributed by atoms with E-state index >= 15 is 0 Å². The second kappa shape index (κ2) is 5.43. The summed E-state index contributed by atoms with van der Waals surface area (Å²) in [6.45, 7) is 6.17. The van der Waals surface area contributed by atoms with Gasteiger partial charge in [0.2, 0.25) is 0 Å². The fourth-order valence-electron chi connectivity index (χ4n) is 1.38. The van der Waals surface area contributed by atoms with Crippen LogP contribution < -0.4 is 0 Å². The van der Waals surface area contributed by atoms with Gasteiger partial charge in [-0.2, -0.15) is 0 Å². The first-order valence-corrected chi connectivity index (χ1v) is 5.79. The van der Waals surface area contributed by atoms with Crippen molar-refractivity contribution >= 4 is 5.78 Å². The number of aliphatic hydroxyl groups excluding tert-OH is 1. The van der Waals surface area contributed by atoms with Crippen molar-refractivity contribution in [3.63, 3.8) is 0 Å². The van der Waals surface area contributed by atoms with Gasteiger partial charge in [-0.05, 0) is 27.8 Å². The summed E-state index contributed by atoms with van der Waals surface area (Å²) in [5.74, 6) is 0.0778. The molecule has 0 saturated heterocycles. The minimum atomic E-state index is -0.375. The lowest BCUT2D eigenvalue weighted by Gasteiger charge is -2.33. The summed E-state index contributed by atoms with van der Waals surface area (Å²) in [7, 11) is 1.85. The highest BCUT2D eigenvalue weighted by Gasteiger charge is 2.24. The van der Waals surface area contributed by atoms with E-state index in [9.17, 15) is 9.90 Å². The zero-order valence-electron chi connectivity index (χ0n) is 11.0. The lowest BCUT2D eigenvalue weighted by molar-refractivity contribution is 0.0659. The Balaban J connectivity index is 2.70. The molecule has 3 heteroatoms. The van der Waals surface area contributed by atoms with Crippen molar-refractivity contribution < 1.29 is 9.90 Å². The highest BCUT2D eigenvalue weighted by molar-refractivity contribution is 5.97. The van der Waals surface area contributed by atoms with Gasteiger partial charge in [-0.15, -0.1) is 0 Å². The second-order valence-corrected chi connectivity index (χ2v) is 5.12. The number of hydrogen-bond acceptors (Lipinski definition) is 3. The van der Waals surface area contributed by atoms with Gasteiger partial charge in [0.25, 0.3) is 0 Å². The van der Waals surface area contributed by atoms with Crippen LogP contribution in [-0.2, 0) is 0 Å². The van der Waals surface area contributed by atoms with Gasteiger partial charge < -0.3 is 5.11 Å². The van der Waals surface area contributed by atoms with Crippen molar-refractivity contribution in [1.82, 2.24) is 4.90 Å². The van der Waals surface area contributed by atoms with Gasteiger partial charge in [-0.1, -0.05) is 29.8 Å². The highest BCUT2D eigenvalue weighted by atomic mass is 16.3. The molecule has 0 heterocycles. The summed E-state index contributed by atoms with van der Waals surface area (Å²) in [5, 5.41) is 9.23. The number of hydrogen-bond donors (Lipinski definition) is 1. The SMILES string of the molecule is Cc1ccc(C(=O)CN(C)C(C)(C)CO)cc1. The van der Waals surface area contributed by atoms with Crippen LogP contribution in [0.4, 0.5) is 0 Å². The molecule has 1 aromatic rings. The van der Waals surface area contributed by atoms with Crippen molar-refractivity contribution in [3.8, 4) is 0 Å². The number of ketones is 1. The van der Waals surface area contributed by atoms with Gasteiger partial charge in [-0.3, -0.25) is 9.69 Å². The summed E-state index contributed by atoms with van der Waals surface area (Å²) in [4.78, 5) is 13.9. The Kier molecular flexibility index (Phi) is 4.43. The molecule has 94 valence electrons. The van der Waals surface area contributed by atoms with Gasteiger partial charge in [0.05, 0.1) is 13.2 Å². The van der Waals surface area contributed by atoms with Crippen LogP contribution in [0.1, 0.15) is 29.8 Å². The number of benzene rings is 1.